The molecule has 110 valence electrons. The maximum absolute atomic E-state index is 13.4. The summed E-state index contributed by atoms with van der Waals surface area (Å²) in [5.41, 5.74) is 1.28. The number of aryl methyl sites for hydroxylation is 1. The molecule has 0 saturated carbocycles. The lowest BCUT2D eigenvalue weighted by atomic mass is 10.2. The van der Waals surface area contributed by atoms with Gasteiger partial charge in [0.15, 0.2) is 5.11 Å². The average molecular weight is 320 g/mol. The van der Waals surface area contributed by atoms with Crippen LogP contribution in [0.5, 0.6) is 0 Å². The molecule has 2 aromatic rings. The molecule has 0 atom stereocenters. The van der Waals surface area contributed by atoms with Gasteiger partial charge in [0, 0.05) is 22.9 Å². The fourth-order valence-electron chi connectivity index (χ4n) is 1.70. The zero-order valence-corrected chi connectivity index (χ0v) is 13.4. The van der Waals surface area contributed by atoms with Gasteiger partial charge in [-0.25, -0.2) is 4.39 Å². The zero-order chi connectivity index (χ0) is 15.1. The van der Waals surface area contributed by atoms with Crippen LogP contribution in [0.25, 0.3) is 0 Å². The lowest BCUT2D eigenvalue weighted by Gasteiger charge is -2.11. The molecule has 2 aromatic carbocycles. The SMILES string of the molecule is Cc1ccc(NC(=S)NCCSc2ccccc2)cc1F. The molecule has 0 amide bonds. The minimum Gasteiger partial charge on any atom is -0.362 e. The molecule has 0 radical (unpaired) electrons. The van der Waals surface area contributed by atoms with E-state index >= 15 is 0 Å². The average Bonchev–Trinajstić information content (AvgIpc) is 2.49. The number of hydrogen-bond donors (Lipinski definition) is 2. The summed E-state index contributed by atoms with van der Waals surface area (Å²) < 4.78 is 13.4. The minimum absolute atomic E-state index is 0.234. The third kappa shape index (κ3) is 5.36. The van der Waals surface area contributed by atoms with E-state index in [1.54, 1.807) is 24.8 Å². The van der Waals surface area contributed by atoms with Crippen molar-refractivity contribution in [2.75, 3.05) is 17.6 Å². The summed E-state index contributed by atoms with van der Waals surface area (Å²) in [6, 6.07) is 15.2. The van der Waals surface area contributed by atoms with E-state index in [1.165, 1.54) is 11.0 Å². The van der Waals surface area contributed by atoms with E-state index < -0.39 is 0 Å². The molecule has 0 unspecified atom stereocenters. The highest BCUT2D eigenvalue weighted by Gasteiger charge is 2.01. The number of nitrogens with one attached hydrogen (secondary N) is 2. The molecule has 0 fully saturated rings. The standard InChI is InChI=1S/C16H17FN2S2/c1-12-7-8-13(11-15(12)17)19-16(20)18-9-10-21-14-5-3-2-4-6-14/h2-8,11H,9-10H2,1H3,(H2,18,19,20). The van der Waals surface area contributed by atoms with Crippen molar-refractivity contribution in [3.05, 3.63) is 59.9 Å². The number of thiocarbonyl (C=S) groups is 1. The van der Waals surface area contributed by atoms with E-state index in [9.17, 15) is 4.39 Å². The lowest BCUT2D eigenvalue weighted by Crippen LogP contribution is -2.30. The second-order valence-electron chi connectivity index (χ2n) is 4.51. The monoisotopic (exact) mass is 320 g/mol. The van der Waals surface area contributed by atoms with Crippen LogP contribution in [0, 0.1) is 12.7 Å². The second kappa shape index (κ2) is 8.00. The smallest absolute Gasteiger partial charge is 0.170 e. The molecule has 0 heterocycles. The maximum Gasteiger partial charge on any atom is 0.170 e. The van der Waals surface area contributed by atoms with Gasteiger partial charge < -0.3 is 10.6 Å². The quantitative estimate of drug-likeness (QED) is 0.489. The maximum atomic E-state index is 13.4. The van der Waals surface area contributed by atoms with Crippen molar-refractivity contribution in [2.24, 2.45) is 0 Å². The van der Waals surface area contributed by atoms with E-state index in [1.807, 2.05) is 24.3 Å². The Bertz CT molecular complexity index is 602. The van der Waals surface area contributed by atoms with Crippen molar-refractivity contribution in [3.63, 3.8) is 0 Å². The molecule has 21 heavy (non-hydrogen) atoms. The van der Waals surface area contributed by atoms with Crippen LogP contribution < -0.4 is 10.6 Å². The summed E-state index contributed by atoms with van der Waals surface area (Å²) in [6.45, 7) is 2.48. The van der Waals surface area contributed by atoms with Crippen LogP contribution in [-0.2, 0) is 0 Å². The molecule has 0 saturated heterocycles. The van der Waals surface area contributed by atoms with E-state index in [2.05, 4.69) is 22.8 Å². The summed E-state index contributed by atoms with van der Waals surface area (Å²) in [5.74, 6) is 0.677. The Kier molecular flexibility index (Phi) is 6.02. The highest BCUT2D eigenvalue weighted by molar-refractivity contribution is 7.99. The molecule has 2 N–H and O–H groups in total. The third-order valence-corrected chi connectivity index (χ3v) is 4.09. The Labute approximate surface area is 134 Å². The highest BCUT2D eigenvalue weighted by Crippen LogP contribution is 2.16. The topological polar surface area (TPSA) is 24.1 Å². The van der Waals surface area contributed by atoms with Gasteiger partial charge in [-0.2, -0.15) is 0 Å². The molecule has 0 spiro atoms. The normalized spacial score (nSPS) is 10.2. The van der Waals surface area contributed by atoms with Gasteiger partial charge >= 0.3 is 0 Å². The number of anilines is 1. The molecule has 0 bridgehead atoms. The Hall–Kier alpha value is -1.59. The zero-order valence-electron chi connectivity index (χ0n) is 11.7. The predicted molar refractivity (Wildman–Crippen MR) is 92.5 cm³/mol. The third-order valence-electron chi connectivity index (χ3n) is 2.83. The van der Waals surface area contributed by atoms with Crippen molar-refractivity contribution >= 4 is 34.8 Å². The summed E-state index contributed by atoms with van der Waals surface area (Å²) in [5, 5.41) is 6.60. The number of thioether (sulfide) groups is 1. The summed E-state index contributed by atoms with van der Waals surface area (Å²) in [6.07, 6.45) is 0. The first kappa shape index (κ1) is 15.8. The minimum atomic E-state index is -0.234. The predicted octanol–water partition coefficient (Wildman–Crippen LogP) is 4.21. The molecule has 0 aliphatic rings. The summed E-state index contributed by atoms with van der Waals surface area (Å²) >= 11 is 6.95. The van der Waals surface area contributed by atoms with Crippen molar-refractivity contribution in [1.29, 1.82) is 0 Å². The van der Waals surface area contributed by atoms with Crippen LogP contribution >= 0.6 is 24.0 Å². The highest BCUT2D eigenvalue weighted by atomic mass is 32.2. The number of rotatable bonds is 5. The lowest BCUT2D eigenvalue weighted by molar-refractivity contribution is 0.619. The van der Waals surface area contributed by atoms with Crippen LogP contribution in [-0.4, -0.2) is 17.4 Å². The van der Waals surface area contributed by atoms with Crippen LogP contribution in [0.1, 0.15) is 5.56 Å². The van der Waals surface area contributed by atoms with Crippen molar-refractivity contribution in [1.82, 2.24) is 5.32 Å². The van der Waals surface area contributed by atoms with Crippen molar-refractivity contribution < 1.29 is 4.39 Å². The first-order valence-electron chi connectivity index (χ1n) is 6.64. The summed E-state index contributed by atoms with van der Waals surface area (Å²) in [7, 11) is 0. The molecule has 0 aliphatic heterocycles. The van der Waals surface area contributed by atoms with Gasteiger partial charge in [0.25, 0.3) is 0 Å². The molecule has 2 rings (SSSR count). The Morgan fingerprint density at radius 2 is 1.95 bits per heavy atom. The van der Waals surface area contributed by atoms with Crippen LogP contribution in [0.3, 0.4) is 0 Å². The van der Waals surface area contributed by atoms with E-state index in [4.69, 9.17) is 12.2 Å². The Morgan fingerprint density at radius 3 is 2.67 bits per heavy atom. The molecule has 5 heteroatoms. The molecular formula is C16H17FN2S2. The second-order valence-corrected chi connectivity index (χ2v) is 6.08. The van der Waals surface area contributed by atoms with Gasteiger partial charge in [0.05, 0.1) is 0 Å². The van der Waals surface area contributed by atoms with E-state index in [0.29, 0.717) is 16.4 Å². The van der Waals surface area contributed by atoms with Crippen LogP contribution in [0.4, 0.5) is 10.1 Å². The fourth-order valence-corrected chi connectivity index (χ4v) is 2.71. The van der Waals surface area contributed by atoms with Gasteiger partial charge in [0.1, 0.15) is 5.82 Å². The molecular weight excluding hydrogens is 303 g/mol. The summed E-state index contributed by atoms with van der Waals surface area (Å²) in [4.78, 5) is 1.23. The molecule has 0 aliphatic carbocycles. The van der Waals surface area contributed by atoms with E-state index in [0.717, 1.165) is 12.3 Å². The first-order chi connectivity index (χ1) is 10.1. The Balaban J connectivity index is 1.71. The van der Waals surface area contributed by atoms with Gasteiger partial charge in [-0.1, -0.05) is 24.3 Å². The number of hydrogen-bond acceptors (Lipinski definition) is 2. The van der Waals surface area contributed by atoms with Crippen molar-refractivity contribution in [2.45, 2.75) is 11.8 Å². The van der Waals surface area contributed by atoms with E-state index in [-0.39, 0.29) is 5.82 Å². The molecule has 0 aromatic heterocycles. The molecule has 2 nitrogen and oxygen atoms in total. The van der Waals surface area contributed by atoms with Gasteiger partial charge in [-0.3, -0.25) is 0 Å². The fraction of sp³-hybridized carbons (Fsp3) is 0.188. The van der Waals surface area contributed by atoms with Crippen LogP contribution in [0.2, 0.25) is 0 Å². The number of halogens is 1. The van der Waals surface area contributed by atoms with Gasteiger partial charge in [-0.15, -0.1) is 11.8 Å². The van der Waals surface area contributed by atoms with Crippen molar-refractivity contribution in [3.8, 4) is 0 Å². The van der Waals surface area contributed by atoms with Gasteiger partial charge in [-0.05, 0) is 49.0 Å². The van der Waals surface area contributed by atoms with Gasteiger partial charge in [0.2, 0.25) is 0 Å². The first-order valence-corrected chi connectivity index (χ1v) is 8.03. The Morgan fingerprint density at radius 1 is 1.19 bits per heavy atom. The van der Waals surface area contributed by atoms with Crippen LogP contribution in [0.15, 0.2) is 53.4 Å². The number of benzene rings is 2. The largest absolute Gasteiger partial charge is 0.362 e.